The predicted octanol–water partition coefficient (Wildman–Crippen LogP) is 2.74. The molecular weight excluding hydrogens is 220 g/mol. The van der Waals surface area contributed by atoms with Gasteiger partial charge in [0.05, 0.1) is 16.8 Å². The van der Waals surface area contributed by atoms with E-state index >= 15 is 0 Å². The van der Waals surface area contributed by atoms with E-state index in [-0.39, 0.29) is 5.60 Å². The smallest absolute Gasteiger partial charge is 0.0798 e. The molecular formula is C12H22N2OS. The van der Waals surface area contributed by atoms with Gasteiger partial charge in [-0.25, -0.2) is 4.98 Å². The van der Waals surface area contributed by atoms with Crippen molar-refractivity contribution >= 4 is 11.3 Å². The third-order valence-corrected chi connectivity index (χ3v) is 3.74. The minimum Gasteiger partial charge on any atom is -0.379 e. The lowest BCUT2D eigenvalue weighted by atomic mass is 10.00. The molecule has 0 aromatic carbocycles. The number of hydrogen-bond acceptors (Lipinski definition) is 4. The highest BCUT2D eigenvalue weighted by atomic mass is 32.1. The molecule has 0 aliphatic carbocycles. The van der Waals surface area contributed by atoms with Crippen molar-refractivity contribution in [3.8, 4) is 0 Å². The van der Waals surface area contributed by atoms with Gasteiger partial charge in [0.1, 0.15) is 0 Å². The number of hydrogen-bond donors (Lipinski definition) is 1. The van der Waals surface area contributed by atoms with E-state index in [9.17, 15) is 0 Å². The van der Waals surface area contributed by atoms with Gasteiger partial charge in [0, 0.05) is 24.6 Å². The average molecular weight is 242 g/mol. The van der Waals surface area contributed by atoms with Gasteiger partial charge in [0.15, 0.2) is 0 Å². The van der Waals surface area contributed by atoms with Crippen LogP contribution in [-0.2, 0) is 11.3 Å². The summed E-state index contributed by atoms with van der Waals surface area (Å²) in [4.78, 5) is 5.56. The first-order chi connectivity index (χ1) is 7.44. The molecule has 3 nitrogen and oxygen atoms in total. The quantitative estimate of drug-likeness (QED) is 0.833. The lowest BCUT2D eigenvalue weighted by Crippen LogP contribution is -2.35. The number of ether oxygens (including phenoxy) is 1. The summed E-state index contributed by atoms with van der Waals surface area (Å²) in [5.74, 6) is 0. The Labute approximate surface area is 102 Å². The summed E-state index contributed by atoms with van der Waals surface area (Å²) in [5.41, 5.74) is 2.97. The molecule has 1 atom stereocenters. The Balaban J connectivity index is 2.36. The van der Waals surface area contributed by atoms with Gasteiger partial charge in [-0.1, -0.05) is 0 Å². The third kappa shape index (κ3) is 4.20. The molecule has 1 N–H and O–H groups in total. The maximum Gasteiger partial charge on any atom is 0.0798 e. The van der Waals surface area contributed by atoms with Crippen molar-refractivity contribution in [1.29, 1.82) is 0 Å². The Morgan fingerprint density at radius 2 is 2.25 bits per heavy atom. The van der Waals surface area contributed by atoms with Crippen molar-refractivity contribution in [1.82, 2.24) is 10.3 Å². The minimum absolute atomic E-state index is 0.0604. The molecule has 0 radical (unpaired) electrons. The van der Waals surface area contributed by atoms with Gasteiger partial charge in [-0.15, -0.1) is 11.3 Å². The van der Waals surface area contributed by atoms with Crippen LogP contribution < -0.4 is 5.32 Å². The first-order valence-corrected chi connectivity index (χ1v) is 6.50. The normalized spacial score (nSPS) is 14.1. The van der Waals surface area contributed by atoms with E-state index in [2.05, 4.69) is 38.0 Å². The molecule has 0 amide bonds. The first-order valence-electron chi connectivity index (χ1n) is 5.62. The van der Waals surface area contributed by atoms with Crippen LogP contribution in [-0.4, -0.2) is 23.7 Å². The lowest BCUT2D eigenvalue weighted by Gasteiger charge is -2.27. The largest absolute Gasteiger partial charge is 0.379 e. The summed E-state index contributed by atoms with van der Waals surface area (Å²) < 4.78 is 5.42. The molecule has 1 rings (SSSR count). The molecule has 0 spiro atoms. The van der Waals surface area contributed by atoms with E-state index in [0.717, 1.165) is 18.7 Å². The Morgan fingerprint density at radius 3 is 2.75 bits per heavy atom. The molecule has 0 fully saturated rings. The van der Waals surface area contributed by atoms with Crippen LogP contribution in [0.1, 0.15) is 37.8 Å². The number of aromatic nitrogens is 1. The van der Waals surface area contributed by atoms with Gasteiger partial charge in [-0.05, 0) is 34.1 Å². The molecule has 16 heavy (non-hydrogen) atoms. The van der Waals surface area contributed by atoms with Crippen LogP contribution in [0.4, 0.5) is 0 Å². The monoisotopic (exact) mass is 242 g/mol. The maximum absolute atomic E-state index is 5.42. The summed E-state index contributed by atoms with van der Waals surface area (Å²) in [6.07, 6.45) is 1.00. The van der Waals surface area contributed by atoms with Gasteiger partial charge in [0.2, 0.25) is 0 Å². The fourth-order valence-corrected chi connectivity index (χ4v) is 2.38. The molecule has 4 heteroatoms. The van der Waals surface area contributed by atoms with Gasteiger partial charge in [-0.3, -0.25) is 0 Å². The summed E-state index contributed by atoms with van der Waals surface area (Å²) in [6, 6.07) is 0.441. The van der Waals surface area contributed by atoms with Crippen LogP contribution in [0.25, 0.3) is 0 Å². The predicted molar refractivity (Wildman–Crippen MR) is 68.9 cm³/mol. The topological polar surface area (TPSA) is 34.1 Å². The third-order valence-electron chi connectivity index (χ3n) is 2.81. The fourth-order valence-electron chi connectivity index (χ4n) is 1.66. The maximum atomic E-state index is 5.42. The molecule has 92 valence electrons. The highest BCUT2D eigenvalue weighted by Gasteiger charge is 2.19. The zero-order chi connectivity index (χ0) is 12.2. The number of thiazole rings is 1. The fraction of sp³-hybridized carbons (Fsp3) is 0.750. The van der Waals surface area contributed by atoms with Crippen molar-refractivity contribution < 1.29 is 4.74 Å². The van der Waals surface area contributed by atoms with Gasteiger partial charge < -0.3 is 10.1 Å². The summed E-state index contributed by atoms with van der Waals surface area (Å²) >= 11 is 1.71. The summed E-state index contributed by atoms with van der Waals surface area (Å²) in [7, 11) is 1.76. The van der Waals surface area contributed by atoms with Crippen LogP contribution in [0.2, 0.25) is 0 Å². The highest BCUT2D eigenvalue weighted by molar-refractivity contribution is 7.09. The molecule has 0 bridgehead atoms. The van der Waals surface area contributed by atoms with Gasteiger partial charge in [-0.2, -0.15) is 0 Å². The van der Waals surface area contributed by atoms with E-state index in [4.69, 9.17) is 4.74 Å². The molecule has 1 heterocycles. The second-order valence-corrected chi connectivity index (χ2v) is 5.75. The first kappa shape index (κ1) is 13.6. The molecule has 0 aliphatic rings. The minimum atomic E-state index is -0.0604. The average Bonchev–Trinajstić information content (AvgIpc) is 2.60. The van der Waals surface area contributed by atoms with E-state index in [1.165, 1.54) is 4.88 Å². The molecule has 1 aromatic heterocycles. The Bertz CT molecular complexity index is 323. The Hall–Kier alpha value is -0.450. The molecule has 0 saturated heterocycles. The number of nitrogens with one attached hydrogen (secondary N) is 1. The van der Waals surface area contributed by atoms with E-state index in [1.807, 2.05) is 5.51 Å². The van der Waals surface area contributed by atoms with Crippen LogP contribution >= 0.6 is 11.3 Å². The molecule has 0 aliphatic heterocycles. The van der Waals surface area contributed by atoms with E-state index < -0.39 is 0 Å². The number of rotatable bonds is 6. The number of aryl methyl sites for hydroxylation is 1. The van der Waals surface area contributed by atoms with Crippen molar-refractivity contribution in [3.05, 3.63) is 16.1 Å². The Kier molecular flexibility index (Phi) is 4.89. The lowest BCUT2D eigenvalue weighted by molar-refractivity contribution is 0.00846. The van der Waals surface area contributed by atoms with E-state index in [0.29, 0.717) is 6.04 Å². The summed E-state index contributed by atoms with van der Waals surface area (Å²) in [6.45, 7) is 9.37. The standard InChI is InChI=1S/C12H22N2OS/c1-9(6-12(3,4)15-5)13-7-11-10(2)14-8-16-11/h8-9,13H,6-7H2,1-5H3. The van der Waals surface area contributed by atoms with Crippen LogP contribution in [0.3, 0.4) is 0 Å². The van der Waals surface area contributed by atoms with Gasteiger partial charge in [0.25, 0.3) is 0 Å². The number of nitrogens with zero attached hydrogens (tertiary/aromatic N) is 1. The van der Waals surface area contributed by atoms with Crippen LogP contribution in [0, 0.1) is 6.92 Å². The SMILES string of the molecule is COC(C)(C)CC(C)NCc1scnc1C. The second kappa shape index (κ2) is 5.75. The molecule has 0 saturated carbocycles. The number of methoxy groups -OCH3 is 1. The molecule has 1 unspecified atom stereocenters. The second-order valence-electron chi connectivity index (χ2n) is 4.81. The highest BCUT2D eigenvalue weighted by Crippen LogP contribution is 2.17. The van der Waals surface area contributed by atoms with Crippen LogP contribution in [0.5, 0.6) is 0 Å². The van der Waals surface area contributed by atoms with Gasteiger partial charge >= 0.3 is 0 Å². The van der Waals surface area contributed by atoms with Crippen molar-refractivity contribution in [2.75, 3.05) is 7.11 Å². The zero-order valence-electron chi connectivity index (χ0n) is 10.8. The summed E-state index contributed by atoms with van der Waals surface area (Å²) in [5, 5.41) is 3.51. The van der Waals surface area contributed by atoms with E-state index in [1.54, 1.807) is 18.4 Å². The van der Waals surface area contributed by atoms with Crippen LogP contribution in [0.15, 0.2) is 5.51 Å². The van der Waals surface area contributed by atoms with Crippen molar-refractivity contribution in [2.45, 2.75) is 52.3 Å². The Morgan fingerprint density at radius 1 is 1.56 bits per heavy atom. The van der Waals surface area contributed by atoms with Crippen molar-refractivity contribution in [3.63, 3.8) is 0 Å². The molecule has 1 aromatic rings. The zero-order valence-corrected chi connectivity index (χ0v) is 11.6. The van der Waals surface area contributed by atoms with Crippen molar-refractivity contribution in [2.24, 2.45) is 0 Å².